The molecule has 0 fully saturated rings. The first-order chi connectivity index (χ1) is 7.69. The minimum absolute atomic E-state index is 0.452. The van der Waals surface area contributed by atoms with E-state index in [1.165, 1.54) is 16.7 Å². The third kappa shape index (κ3) is 3.26. The molecule has 1 aromatic carbocycles. The average molecular weight is 220 g/mol. The van der Waals surface area contributed by atoms with Crippen LogP contribution in [0.1, 0.15) is 30.5 Å². The summed E-state index contributed by atoms with van der Waals surface area (Å²) in [6.45, 7) is 4.92. The molecule has 0 saturated carbocycles. The first-order valence-corrected chi connectivity index (χ1v) is 5.82. The highest BCUT2D eigenvalue weighted by molar-refractivity contribution is 5.71. The average Bonchev–Trinajstić information content (AvgIpc) is 2.28. The minimum atomic E-state index is -0.452. The monoisotopic (exact) mass is 220 g/mol. The number of benzene rings is 1. The fraction of sp³-hybridized carbons (Fsp3) is 0.462. The Hall–Kier alpha value is -1.51. The normalized spacial score (nSPS) is 10.1. The summed E-state index contributed by atoms with van der Waals surface area (Å²) >= 11 is 0. The molecular weight excluding hydrogens is 200 g/mol. The maximum Gasteiger partial charge on any atom is 0.312 e. The summed E-state index contributed by atoms with van der Waals surface area (Å²) in [7, 11) is 0. The predicted molar refractivity (Wildman–Crippen MR) is 66.5 cm³/mol. The molecule has 1 aromatic rings. The molecule has 0 aliphatic rings. The van der Waals surface area contributed by atoms with Gasteiger partial charge in [-0.15, -0.1) is 0 Å². The van der Waals surface area contributed by atoms with Crippen molar-refractivity contribution in [3.05, 3.63) is 34.9 Å². The number of aryl methyl sites for hydroxylation is 2. The van der Waals surface area contributed by atoms with Crippen LogP contribution >= 0.6 is 0 Å². The van der Waals surface area contributed by atoms with Gasteiger partial charge in [-0.2, -0.15) is 0 Å². The largest absolute Gasteiger partial charge is 0.352 e. The van der Waals surface area contributed by atoms with Gasteiger partial charge >= 0.3 is 6.03 Å². The number of rotatable bonds is 5. The molecule has 0 aliphatic carbocycles. The molecule has 3 nitrogen and oxygen atoms in total. The summed E-state index contributed by atoms with van der Waals surface area (Å²) in [6, 6.07) is 5.95. The SMILES string of the molecule is CCc1cccc(CC)c1CCNC(N)=O. The van der Waals surface area contributed by atoms with E-state index in [-0.39, 0.29) is 0 Å². The fourth-order valence-electron chi connectivity index (χ4n) is 1.98. The summed E-state index contributed by atoms with van der Waals surface area (Å²) in [5.41, 5.74) is 9.14. The van der Waals surface area contributed by atoms with Crippen LogP contribution < -0.4 is 11.1 Å². The number of amides is 2. The van der Waals surface area contributed by atoms with Crippen LogP contribution in [0.3, 0.4) is 0 Å². The van der Waals surface area contributed by atoms with Crippen molar-refractivity contribution in [2.45, 2.75) is 33.1 Å². The fourth-order valence-corrected chi connectivity index (χ4v) is 1.98. The van der Waals surface area contributed by atoms with Crippen molar-refractivity contribution < 1.29 is 4.79 Å². The second-order valence-corrected chi connectivity index (χ2v) is 3.80. The molecule has 0 atom stereocenters. The lowest BCUT2D eigenvalue weighted by molar-refractivity contribution is 0.249. The summed E-state index contributed by atoms with van der Waals surface area (Å²) in [5, 5.41) is 2.64. The third-order valence-electron chi connectivity index (χ3n) is 2.81. The van der Waals surface area contributed by atoms with Gasteiger partial charge in [-0.3, -0.25) is 0 Å². The van der Waals surface area contributed by atoms with Crippen LogP contribution in [0.25, 0.3) is 0 Å². The van der Waals surface area contributed by atoms with Gasteiger partial charge in [-0.05, 0) is 36.0 Å². The van der Waals surface area contributed by atoms with Crippen LogP contribution in [0.4, 0.5) is 4.79 Å². The highest BCUT2D eigenvalue weighted by Gasteiger charge is 2.05. The smallest absolute Gasteiger partial charge is 0.312 e. The molecule has 16 heavy (non-hydrogen) atoms. The van der Waals surface area contributed by atoms with Gasteiger partial charge in [-0.25, -0.2) is 4.79 Å². The number of hydrogen-bond donors (Lipinski definition) is 2. The Balaban J connectivity index is 2.78. The van der Waals surface area contributed by atoms with Crippen LogP contribution in [-0.2, 0) is 19.3 Å². The molecular formula is C13H20N2O. The van der Waals surface area contributed by atoms with Crippen molar-refractivity contribution in [1.82, 2.24) is 5.32 Å². The van der Waals surface area contributed by atoms with Gasteiger partial charge in [0.2, 0.25) is 0 Å². The van der Waals surface area contributed by atoms with E-state index in [4.69, 9.17) is 5.73 Å². The van der Waals surface area contributed by atoms with Gasteiger partial charge in [0.25, 0.3) is 0 Å². The first kappa shape index (κ1) is 12.6. The molecule has 0 aromatic heterocycles. The molecule has 1 rings (SSSR count). The Morgan fingerprint density at radius 1 is 1.25 bits per heavy atom. The Bertz CT molecular complexity index is 339. The van der Waals surface area contributed by atoms with E-state index in [2.05, 4.69) is 37.4 Å². The van der Waals surface area contributed by atoms with Crippen molar-refractivity contribution in [2.75, 3.05) is 6.54 Å². The van der Waals surface area contributed by atoms with E-state index >= 15 is 0 Å². The molecule has 2 amide bonds. The van der Waals surface area contributed by atoms with E-state index in [0.717, 1.165) is 19.3 Å². The molecule has 0 unspecified atom stereocenters. The molecule has 0 radical (unpaired) electrons. The zero-order valence-corrected chi connectivity index (χ0v) is 10.0. The van der Waals surface area contributed by atoms with Crippen LogP contribution in [0, 0.1) is 0 Å². The molecule has 3 N–H and O–H groups in total. The molecule has 3 heteroatoms. The lowest BCUT2D eigenvalue weighted by Gasteiger charge is -2.13. The van der Waals surface area contributed by atoms with E-state index in [9.17, 15) is 4.79 Å². The first-order valence-electron chi connectivity index (χ1n) is 5.82. The molecule has 0 spiro atoms. The van der Waals surface area contributed by atoms with Gasteiger partial charge in [0.1, 0.15) is 0 Å². The van der Waals surface area contributed by atoms with Crippen LogP contribution in [-0.4, -0.2) is 12.6 Å². The predicted octanol–water partition coefficient (Wildman–Crippen LogP) is 2.02. The van der Waals surface area contributed by atoms with E-state index < -0.39 is 6.03 Å². The summed E-state index contributed by atoms with van der Waals surface area (Å²) in [5.74, 6) is 0. The Labute approximate surface area is 97.0 Å². The van der Waals surface area contributed by atoms with Crippen LogP contribution in [0.5, 0.6) is 0 Å². The molecule has 0 bridgehead atoms. The Morgan fingerprint density at radius 3 is 2.25 bits per heavy atom. The van der Waals surface area contributed by atoms with E-state index in [0.29, 0.717) is 6.54 Å². The third-order valence-corrected chi connectivity index (χ3v) is 2.81. The molecule has 0 heterocycles. The standard InChI is InChI=1S/C13H20N2O/c1-3-10-6-5-7-11(4-2)12(10)8-9-15-13(14)16/h5-7H,3-4,8-9H2,1-2H3,(H3,14,15,16). The van der Waals surface area contributed by atoms with Crippen LogP contribution in [0.2, 0.25) is 0 Å². The number of carbonyl (C=O) groups excluding carboxylic acids is 1. The number of nitrogens with two attached hydrogens (primary N) is 1. The summed E-state index contributed by atoms with van der Waals surface area (Å²) in [6.07, 6.45) is 2.91. The second-order valence-electron chi connectivity index (χ2n) is 3.80. The lowest BCUT2D eigenvalue weighted by Crippen LogP contribution is -2.31. The van der Waals surface area contributed by atoms with Gasteiger partial charge in [0.15, 0.2) is 0 Å². The van der Waals surface area contributed by atoms with Gasteiger partial charge < -0.3 is 11.1 Å². The minimum Gasteiger partial charge on any atom is -0.352 e. The number of primary amides is 1. The Kier molecular flexibility index (Phi) is 4.83. The van der Waals surface area contributed by atoms with Crippen molar-refractivity contribution >= 4 is 6.03 Å². The zero-order valence-electron chi connectivity index (χ0n) is 10.0. The summed E-state index contributed by atoms with van der Waals surface area (Å²) in [4.78, 5) is 10.6. The summed E-state index contributed by atoms with van der Waals surface area (Å²) < 4.78 is 0. The van der Waals surface area contributed by atoms with Crippen molar-refractivity contribution in [2.24, 2.45) is 5.73 Å². The maximum absolute atomic E-state index is 10.6. The zero-order chi connectivity index (χ0) is 12.0. The topological polar surface area (TPSA) is 55.1 Å². The maximum atomic E-state index is 10.6. The molecule has 0 aliphatic heterocycles. The van der Waals surface area contributed by atoms with E-state index in [1.54, 1.807) is 0 Å². The number of nitrogens with one attached hydrogen (secondary N) is 1. The number of carbonyl (C=O) groups is 1. The Morgan fingerprint density at radius 2 is 1.81 bits per heavy atom. The number of urea groups is 1. The van der Waals surface area contributed by atoms with Crippen molar-refractivity contribution in [1.29, 1.82) is 0 Å². The lowest BCUT2D eigenvalue weighted by atomic mass is 9.95. The second kappa shape index (κ2) is 6.16. The van der Waals surface area contributed by atoms with Gasteiger partial charge in [0.05, 0.1) is 0 Å². The number of hydrogen-bond acceptors (Lipinski definition) is 1. The van der Waals surface area contributed by atoms with Crippen molar-refractivity contribution in [3.8, 4) is 0 Å². The highest BCUT2D eigenvalue weighted by atomic mass is 16.2. The molecule has 0 saturated heterocycles. The van der Waals surface area contributed by atoms with Crippen molar-refractivity contribution in [3.63, 3.8) is 0 Å². The quantitative estimate of drug-likeness (QED) is 0.783. The van der Waals surface area contributed by atoms with E-state index in [1.807, 2.05) is 0 Å². The molecule has 88 valence electrons. The van der Waals surface area contributed by atoms with Gasteiger partial charge in [0, 0.05) is 6.54 Å². The van der Waals surface area contributed by atoms with Crippen LogP contribution in [0.15, 0.2) is 18.2 Å². The highest BCUT2D eigenvalue weighted by Crippen LogP contribution is 2.16. The van der Waals surface area contributed by atoms with Gasteiger partial charge in [-0.1, -0.05) is 32.0 Å².